The van der Waals surface area contributed by atoms with E-state index in [2.05, 4.69) is 14.7 Å². The molecule has 106 valence electrons. The monoisotopic (exact) mass is 307 g/mol. The number of benzene rings is 1. The van der Waals surface area contributed by atoms with Gasteiger partial charge in [-0.25, -0.2) is 4.39 Å². The summed E-state index contributed by atoms with van der Waals surface area (Å²) < 4.78 is 55.5. The van der Waals surface area contributed by atoms with E-state index >= 15 is 0 Å². The van der Waals surface area contributed by atoms with Crippen molar-refractivity contribution < 1.29 is 26.4 Å². The zero-order valence-corrected chi connectivity index (χ0v) is 10.3. The van der Waals surface area contributed by atoms with E-state index in [0.29, 0.717) is 0 Å². The van der Waals surface area contributed by atoms with Crippen LogP contribution in [0.15, 0.2) is 22.7 Å². The maximum atomic E-state index is 13.5. The van der Waals surface area contributed by atoms with Crippen LogP contribution in [0.4, 0.5) is 17.1 Å². The lowest BCUT2D eigenvalue weighted by atomic mass is 10.1. The predicted octanol–water partition coefficient (Wildman–Crippen LogP) is 2.64. The molecule has 0 bridgehead atoms. The van der Waals surface area contributed by atoms with Gasteiger partial charge in [-0.05, 0) is 12.1 Å². The molecule has 1 amide bonds. The van der Waals surface area contributed by atoms with Crippen LogP contribution < -0.4 is 5.73 Å². The number of carbonyl (C=O) groups excluding carboxylic acids is 1. The van der Waals surface area contributed by atoms with Crippen molar-refractivity contribution in [2.24, 2.45) is 5.73 Å². The van der Waals surface area contributed by atoms with Crippen molar-refractivity contribution in [1.29, 1.82) is 0 Å². The number of rotatable bonds is 4. The lowest BCUT2D eigenvalue weighted by molar-refractivity contribution is 0.0610. The Labute approximate surface area is 113 Å². The third kappa shape index (κ3) is 2.59. The largest absolute Gasteiger partial charge is 0.399 e. The molecule has 20 heavy (non-hydrogen) atoms. The molecule has 2 N–H and O–H groups in total. The first-order valence-electron chi connectivity index (χ1n) is 4.96. The molecular formula is C10H5F4N3O2S. The zero-order chi connectivity index (χ0) is 14.9. The van der Waals surface area contributed by atoms with Crippen LogP contribution in [0, 0.1) is 5.82 Å². The smallest absolute Gasteiger partial charge is 0.366 e. The van der Waals surface area contributed by atoms with Gasteiger partial charge in [0.25, 0.3) is 5.91 Å². The highest BCUT2D eigenvalue weighted by atomic mass is 32.2. The SMILES string of the molecule is NC(=O)c1ccc(-c2noc(C(F)(F)SF)n2)cc1F. The van der Waals surface area contributed by atoms with E-state index in [1.807, 2.05) is 0 Å². The summed E-state index contributed by atoms with van der Waals surface area (Å²) in [4.78, 5) is 14.1. The number of alkyl halides is 2. The summed E-state index contributed by atoms with van der Waals surface area (Å²) in [5.41, 5.74) is 4.51. The molecule has 0 saturated heterocycles. The third-order valence-electron chi connectivity index (χ3n) is 2.26. The van der Waals surface area contributed by atoms with Crippen LogP contribution in [0.1, 0.15) is 16.2 Å². The molecule has 0 unspecified atom stereocenters. The van der Waals surface area contributed by atoms with Crippen LogP contribution in [0.25, 0.3) is 11.4 Å². The fraction of sp³-hybridized carbons (Fsp3) is 0.100. The van der Waals surface area contributed by atoms with E-state index in [4.69, 9.17) is 5.73 Å². The van der Waals surface area contributed by atoms with Gasteiger partial charge in [0.05, 0.1) is 5.56 Å². The van der Waals surface area contributed by atoms with Crippen molar-refractivity contribution in [3.63, 3.8) is 0 Å². The van der Waals surface area contributed by atoms with Crippen LogP contribution in [-0.2, 0) is 5.25 Å². The van der Waals surface area contributed by atoms with Crippen LogP contribution in [0.3, 0.4) is 0 Å². The Morgan fingerprint density at radius 1 is 1.40 bits per heavy atom. The van der Waals surface area contributed by atoms with Crippen LogP contribution in [-0.4, -0.2) is 16.0 Å². The second-order valence-corrected chi connectivity index (χ2v) is 4.24. The Balaban J connectivity index is 2.38. The second kappa shape index (κ2) is 5.12. The number of primary amides is 1. The highest BCUT2D eigenvalue weighted by molar-refractivity contribution is 7.94. The van der Waals surface area contributed by atoms with Gasteiger partial charge in [-0.15, -0.1) is 0 Å². The van der Waals surface area contributed by atoms with E-state index in [1.54, 1.807) is 0 Å². The summed E-state index contributed by atoms with van der Waals surface area (Å²) in [7, 11) is 0. The minimum Gasteiger partial charge on any atom is -0.366 e. The first-order valence-corrected chi connectivity index (χ1v) is 5.68. The number of hydrogen-bond acceptors (Lipinski definition) is 5. The zero-order valence-electron chi connectivity index (χ0n) is 9.44. The molecule has 0 aliphatic rings. The molecule has 0 aliphatic carbocycles. The van der Waals surface area contributed by atoms with Gasteiger partial charge in [0, 0.05) is 5.56 Å². The quantitative estimate of drug-likeness (QED) is 0.878. The first-order chi connectivity index (χ1) is 9.35. The van der Waals surface area contributed by atoms with Gasteiger partial charge in [-0.1, -0.05) is 11.2 Å². The Kier molecular flexibility index (Phi) is 3.66. The average molecular weight is 307 g/mol. The van der Waals surface area contributed by atoms with E-state index in [1.165, 1.54) is 6.07 Å². The van der Waals surface area contributed by atoms with Gasteiger partial charge < -0.3 is 10.3 Å². The van der Waals surface area contributed by atoms with Gasteiger partial charge in [0.15, 0.2) is 0 Å². The molecule has 1 aromatic heterocycles. The lowest BCUT2D eigenvalue weighted by Gasteiger charge is -2.02. The van der Waals surface area contributed by atoms with Gasteiger partial charge in [0.1, 0.15) is 18.0 Å². The average Bonchev–Trinajstić information content (AvgIpc) is 2.88. The standard InChI is InChI=1S/C10H5F4N3O2S/c11-6-3-4(1-2-5(6)7(15)18)8-16-9(19-17-8)10(12,13)20-14/h1-3H,(H2,15,18). The maximum absolute atomic E-state index is 13.5. The van der Waals surface area contributed by atoms with E-state index in [-0.39, 0.29) is 17.0 Å². The Bertz CT molecular complexity index is 662. The molecule has 0 atom stereocenters. The van der Waals surface area contributed by atoms with Gasteiger partial charge >= 0.3 is 11.1 Å². The van der Waals surface area contributed by atoms with Crippen molar-refractivity contribution >= 4 is 18.1 Å². The fourth-order valence-electron chi connectivity index (χ4n) is 1.35. The number of amides is 1. The van der Waals surface area contributed by atoms with Gasteiger partial charge in [-0.3, -0.25) is 4.79 Å². The second-order valence-electron chi connectivity index (χ2n) is 3.58. The van der Waals surface area contributed by atoms with E-state index < -0.39 is 35.0 Å². The molecule has 0 spiro atoms. The number of nitrogens with two attached hydrogens (primary N) is 1. The van der Waals surface area contributed by atoms with E-state index in [0.717, 1.165) is 12.1 Å². The number of halogens is 4. The lowest BCUT2D eigenvalue weighted by Crippen LogP contribution is -2.13. The summed E-state index contributed by atoms with van der Waals surface area (Å²) >= 11 is -1.27. The molecule has 2 rings (SSSR count). The topological polar surface area (TPSA) is 82.0 Å². The Morgan fingerprint density at radius 2 is 2.10 bits per heavy atom. The summed E-state index contributed by atoms with van der Waals surface area (Å²) in [6, 6.07) is 3.07. The van der Waals surface area contributed by atoms with Crippen molar-refractivity contribution in [2.75, 3.05) is 0 Å². The molecule has 0 fully saturated rings. The van der Waals surface area contributed by atoms with Crippen molar-refractivity contribution in [3.8, 4) is 11.4 Å². The summed E-state index contributed by atoms with van der Waals surface area (Å²) in [5.74, 6) is -3.57. The van der Waals surface area contributed by atoms with Gasteiger partial charge in [-0.2, -0.15) is 17.7 Å². The minimum absolute atomic E-state index is 0.0258. The molecule has 0 radical (unpaired) electrons. The molecule has 0 aliphatic heterocycles. The molecule has 1 aromatic carbocycles. The molecule has 10 heteroatoms. The van der Waals surface area contributed by atoms with Crippen LogP contribution in [0.2, 0.25) is 0 Å². The number of hydrogen-bond donors (Lipinski definition) is 1. The number of nitrogens with zero attached hydrogens (tertiary/aromatic N) is 2. The fourth-order valence-corrected chi connectivity index (χ4v) is 1.49. The van der Waals surface area contributed by atoms with Gasteiger partial charge in [0.2, 0.25) is 5.82 Å². The van der Waals surface area contributed by atoms with Crippen molar-refractivity contribution in [3.05, 3.63) is 35.5 Å². The maximum Gasteiger partial charge on any atom is 0.399 e. The molecule has 5 nitrogen and oxygen atoms in total. The highest BCUT2D eigenvalue weighted by Crippen LogP contribution is 2.39. The summed E-state index contributed by atoms with van der Waals surface area (Å²) in [6.07, 6.45) is 0. The molecular weight excluding hydrogens is 302 g/mol. The number of carbonyl (C=O) groups is 1. The molecule has 1 heterocycles. The Morgan fingerprint density at radius 3 is 2.65 bits per heavy atom. The van der Waals surface area contributed by atoms with Crippen molar-refractivity contribution in [2.45, 2.75) is 5.25 Å². The highest BCUT2D eigenvalue weighted by Gasteiger charge is 2.41. The van der Waals surface area contributed by atoms with Crippen molar-refractivity contribution in [1.82, 2.24) is 10.1 Å². The van der Waals surface area contributed by atoms with Crippen LogP contribution in [0.5, 0.6) is 0 Å². The molecule has 2 aromatic rings. The Hall–Kier alpha value is -2.10. The molecule has 0 saturated carbocycles. The summed E-state index contributed by atoms with van der Waals surface area (Å²) in [6.45, 7) is 0. The van der Waals surface area contributed by atoms with E-state index in [9.17, 15) is 21.9 Å². The predicted molar refractivity (Wildman–Crippen MR) is 60.8 cm³/mol. The third-order valence-corrected chi connectivity index (χ3v) is 2.63. The first kappa shape index (κ1) is 14.3. The normalized spacial score (nSPS) is 11.6. The van der Waals surface area contributed by atoms with Crippen LogP contribution >= 0.6 is 12.1 Å². The number of aromatic nitrogens is 2. The summed E-state index contributed by atoms with van der Waals surface area (Å²) in [5, 5.41) is -0.802. The minimum atomic E-state index is -3.99.